The Morgan fingerprint density at radius 2 is 2.23 bits per heavy atom. The van der Waals surface area contributed by atoms with Crippen molar-refractivity contribution in [3.05, 3.63) is 11.9 Å². The van der Waals surface area contributed by atoms with E-state index >= 15 is 0 Å². The quantitative estimate of drug-likeness (QED) is 0.739. The number of likely N-dealkylation sites (N-methyl/N-ethyl adjacent to an activating group) is 1. The first kappa shape index (κ1) is 19.3. The number of carbonyl (C=O) groups excluding carboxylic acids is 1. The Morgan fingerprint density at radius 3 is 2.92 bits per heavy atom. The second kappa shape index (κ2) is 8.92. The zero-order chi connectivity index (χ0) is 18.4. The van der Waals surface area contributed by atoms with Gasteiger partial charge < -0.3 is 20.3 Å². The van der Waals surface area contributed by atoms with Crippen molar-refractivity contribution < 1.29 is 9.53 Å². The summed E-state index contributed by atoms with van der Waals surface area (Å²) < 4.78 is 7.26. The molecule has 1 aromatic rings. The summed E-state index contributed by atoms with van der Waals surface area (Å²) in [6.45, 7) is 3.96. The van der Waals surface area contributed by atoms with Crippen molar-refractivity contribution in [2.75, 3.05) is 40.4 Å². The summed E-state index contributed by atoms with van der Waals surface area (Å²) in [4.78, 5) is 14.7. The molecule has 2 N–H and O–H groups in total. The average Bonchev–Trinajstić information content (AvgIpc) is 3.15. The molecule has 2 fully saturated rings. The Kier molecular flexibility index (Phi) is 6.61. The number of hydrogen-bond donors (Lipinski definition) is 2. The largest absolute Gasteiger partial charge is 0.381 e. The van der Waals surface area contributed by atoms with Crippen molar-refractivity contribution in [1.29, 1.82) is 0 Å². The summed E-state index contributed by atoms with van der Waals surface area (Å²) in [6, 6.07) is 0.554. The standard InChI is InChI=1S/C18H32N6O2/c1-23(2)18(7-11-26-12-8-18)14-20-17(25)16-13-24(22-21-16)10-6-15-5-3-4-9-19-15/h13,15,19H,3-12,14H2,1-2H3,(H,20,25)/t15-/m1/s1. The molecule has 2 aliphatic rings. The van der Waals surface area contributed by atoms with E-state index in [0.717, 1.165) is 45.6 Å². The molecule has 1 aromatic heterocycles. The van der Waals surface area contributed by atoms with Crippen molar-refractivity contribution in [3.63, 3.8) is 0 Å². The highest BCUT2D eigenvalue weighted by Gasteiger charge is 2.35. The van der Waals surface area contributed by atoms with Gasteiger partial charge in [-0.1, -0.05) is 11.6 Å². The maximum Gasteiger partial charge on any atom is 0.273 e. The Labute approximate surface area is 155 Å². The molecule has 2 saturated heterocycles. The second-order valence-electron chi connectivity index (χ2n) is 7.72. The predicted octanol–water partition coefficient (Wildman–Crippen LogP) is 0.651. The Balaban J connectivity index is 1.49. The van der Waals surface area contributed by atoms with Crippen LogP contribution in [-0.2, 0) is 11.3 Å². The van der Waals surface area contributed by atoms with Gasteiger partial charge in [-0.15, -0.1) is 5.10 Å². The monoisotopic (exact) mass is 364 g/mol. The maximum absolute atomic E-state index is 12.5. The van der Waals surface area contributed by atoms with Crippen LogP contribution in [0.1, 0.15) is 49.0 Å². The topological polar surface area (TPSA) is 84.3 Å². The summed E-state index contributed by atoms with van der Waals surface area (Å²) in [6.07, 6.45) is 8.39. The van der Waals surface area contributed by atoms with E-state index in [0.29, 0.717) is 18.3 Å². The van der Waals surface area contributed by atoms with Crippen molar-refractivity contribution in [2.24, 2.45) is 0 Å². The number of nitrogens with one attached hydrogen (secondary N) is 2. The lowest BCUT2D eigenvalue weighted by Gasteiger charge is -2.42. The van der Waals surface area contributed by atoms with Crippen molar-refractivity contribution in [1.82, 2.24) is 30.5 Å². The summed E-state index contributed by atoms with van der Waals surface area (Å²) in [5.41, 5.74) is 0.346. The first-order valence-electron chi connectivity index (χ1n) is 9.76. The molecule has 0 spiro atoms. The first-order valence-corrected chi connectivity index (χ1v) is 9.76. The molecule has 0 unspecified atom stereocenters. The van der Waals surface area contributed by atoms with E-state index in [9.17, 15) is 4.79 Å². The van der Waals surface area contributed by atoms with Crippen LogP contribution in [0.2, 0.25) is 0 Å². The van der Waals surface area contributed by atoms with Gasteiger partial charge in [-0.05, 0) is 52.7 Å². The molecule has 0 saturated carbocycles. The van der Waals surface area contributed by atoms with Gasteiger partial charge in [0.2, 0.25) is 0 Å². The highest BCUT2D eigenvalue weighted by Crippen LogP contribution is 2.25. The van der Waals surface area contributed by atoms with Gasteiger partial charge in [-0.3, -0.25) is 9.48 Å². The van der Waals surface area contributed by atoms with Crippen LogP contribution in [0.3, 0.4) is 0 Å². The van der Waals surface area contributed by atoms with Gasteiger partial charge in [0.15, 0.2) is 5.69 Å². The fourth-order valence-corrected chi connectivity index (χ4v) is 3.84. The van der Waals surface area contributed by atoms with E-state index in [-0.39, 0.29) is 11.4 Å². The second-order valence-corrected chi connectivity index (χ2v) is 7.72. The molecule has 3 heterocycles. The molecular formula is C18H32N6O2. The van der Waals surface area contributed by atoms with Crippen LogP contribution in [0.5, 0.6) is 0 Å². The van der Waals surface area contributed by atoms with Crippen LogP contribution in [0.4, 0.5) is 0 Å². The summed E-state index contributed by atoms with van der Waals surface area (Å²) in [5.74, 6) is -0.153. The molecule has 0 radical (unpaired) electrons. The Morgan fingerprint density at radius 1 is 1.42 bits per heavy atom. The fourth-order valence-electron chi connectivity index (χ4n) is 3.84. The third-order valence-electron chi connectivity index (χ3n) is 5.84. The summed E-state index contributed by atoms with van der Waals surface area (Å²) in [7, 11) is 4.13. The van der Waals surface area contributed by atoms with Gasteiger partial charge in [0.25, 0.3) is 5.91 Å². The number of aryl methyl sites for hydroxylation is 1. The fraction of sp³-hybridized carbons (Fsp3) is 0.833. The number of rotatable bonds is 7. The van der Waals surface area contributed by atoms with E-state index in [2.05, 4.69) is 39.9 Å². The molecular weight excluding hydrogens is 332 g/mol. The van der Waals surface area contributed by atoms with Crippen LogP contribution >= 0.6 is 0 Å². The molecule has 26 heavy (non-hydrogen) atoms. The van der Waals surface area contributed by atoms with E-state index in [1.54, 1.807) is 10.9 Å². The number of amides is 1. The minimum Gasteiger partial charge on any atom is -0.381 e. The molecule has 1 atom stereocenters. The number of nitrogens with zero attached hydrogens (tertiary/aromatic N) is 4. The molecule has 0 bridgehead atoms. The summed E-state index contributed by atoms with van der Waals surface area (Å²) >= 11 is 0. The van der Waals surface area contributed by atoms with Crippen molar-refractivity contribution in [2.45, 2.75) is 56.7 Å². The highest BCUT2D eigenvalue weighted by molar-refractivity contribution is 5.91. The van der Waals surface area contributed by atoms with Crippen molar-refractivity contribution >= 4 is 5.91 Å². The number of carbonyl (C=O) groups is 1. The zero-order valence-corrected chi connectivity index (χ0v) is 16.0. The van der Waals surface area contributed by atoms with Gasteiger partial charge in [-0.2, -0.15) is 0 Å². The molecule has 3 rings (SSSR count). The van der Waals surface area contributed by atoms with Gasteiger partial charge in [-0.25, -0.2) is 0 Å². The molecule has 0 aliphatic carbocycles. The third kappa shape index (κ3) is 4.81. The minimum absolute atomic E-state index is 0.0451. The lowest BCUT2D eigenvalue weighted by Crippen LogP contribution is -2.55. The first-order chi connectivity index (χ1) is 12.6. The highest BCUT2D eigenvalue weighted by atomic mass is 16.5. The smallest absolute Gasteiger partial charge is 0.273 e. The lowest BCUT2D eigenvalue weighted by atomic mass is 9.88. The maximum atomic E-state index is 12.5. The number of piperidine rings is 1. The van der Waals surface area contributed by atoms with E-state index in [4.69, 9.17) is 4.74 Å². The van der Waals surface area contributed by atoms with Crippen LogP contribution in [0, 0.1) is 0 Å². The zero-order valence-electron chi connectivity index (χ0n) is 16.0. The minimum atomic E-state index is -0.153. The van der Waals surface area contributed by atoms with Gasteiger partial charge in [0.1, 0.15) is 0 Å². The van der Waals surface area contributed by atoms with E-state index < -0.39 is 0 Å². The van der Waals surface area contributed by atoms with Crippen LogP contribution < -0.4 is 10.6 Å². The number of hydrogen-bond acceptors (Lipinski definition) is 6. The SMILES string of the molecule is CN(C)C1(CNC(=O)c2cn(CC[C@H]3CCCCN3)nn2)CCOCC1. The van der Waals surface area contributed by atoms with Gasteiger partial charge >= 0.3 is 0 Å². The van der Waals surface area contributed by atoms with Gasteiger partial charge in [0.05, 0.1) is 6.20 Å². The normalized spacial score (nSPS) is 23.1. The van der Waals surface area contributed by atoms with E-state index in [1.165, 1.54) is 19.3 Å². The van der Waals surface area contributed by atoms with Crippen LogP contribution in [0.25, 0.3) is 0 Å². The Hall–Kier alpha value is -1.51. The Bertz CT molecular complexity index is 576. The predicted molar refractivity (Wildman–Crippen MR) is 99.1 cm³/mol. The molecule has 8 nitrogen and oxygen atoms in total. The third-order valence-corrected chi connectivity index (χ3v) is 5.84. The van der Waals surface area contributed by atoms with Crippen LogP contribution in [0.15, 0.2) is 6.20 Å². The van der Waals surface area contributed by atoms with Crippen molar-refractivity contribution in [3.8, 4) is 0 Å². The molecule has 0 aromatic carbocycles. The van der Waals surface area contributed by atoms with E-state index in [1.807, 2.05) is 0 Å². The number of aromatic nitrogens is 3. The number of ether oxygens (including phenoxy) is 1. The van der Waals surface area contributed by atoms with Crippen LogP contribution in [-0.4, -0.2) is 77.8 Å². The molecule has 8 heteroatoms. The molecule has 1 amide bonds. The molecule has 146 valence electrons. The van der Waals surface area contributed by atoms with Gasteiger partial charge in [0, 0.05) is 37.9 Å². The summed E-state index contributed by atoms with van der Waals surface area (Å²) in [5, 5.41) is 14.7. The average molecular weight is 364 g/mol. The lowest BCUT2D eigenvalue weighted by molar-refractivity contribution is -0.00660. The molecule has 2 aliphatic heterocycles.